The summed E-state index contributed by atoms with van der Waals surface area (Å²) in [6.07, 6.45) is 6.52. The van der Waals surface area contributed by atoms with Crippen LogP contribution in [-0.2, 0) is 71.9 Å². The first-order valence-electron chi connectivity index (χ1n) is 31.9. The lowest BCUT2D eigenvalue weighted by Gasteiger charge is -2.36. The summed E-state index contributed by atoms with van der Waals surface area (Å²) in [6, 6.07) is 29.2. The zero-order chi connectivity index (χ0) is 64.2. The number of ether oxygens (including phenoxy) is 3. The van der Waals surface area contributed by atoms with Crippen molar-refractivity contribution in [2.24, 2.45) is 23.2 Å². The molecule has 476 valence electrons. The Morgan fingerprint density at radius 1 is 0.618 bits per heavy atom. The van der Waals surface area contributed by atoms with Crippen LogP contribution in [0.25, 0.3) is 0 Å². The molecule has 0 aliphatic carbocycles. The normalized spacial score (nSPS) is 23.4. The van der Waals surface area contributed by atoms with E-state index in [-0.39, 0.29) is 117 Å². The van der Waals surface area contributed by atoms with Crippen LogP contribution < -0.4 is 9.47 Å². The minimum Gasteiger partial charge on any atom is -0.493 e. The molecule has 2 bridgehead atoms. The van der Waals surface area contributed by atoms with Crippen molar-refractivity contribution in [1.29, 1.82) is 0 Å². The molecule has 16 heteroatoms. The zero-order valence-corrected chi connectivity index (χ0v) is 53.2. The Morgan fingerprint density at radius 3 is 2.01 bits per heavy atom. The van der Waals surface area contributed by atoms with Crippen LogP contribution in [-0.4, -0.2) is 126 Å². The van der Waals surface area contributed by atoms with Crippen LogP contribution in [0, 0.1) is 23.2 Å². The molecule has 0 saturated carbocycles. The van der Waals surface area contributed by atoms with Gasteiger partial charge < -0.3 is 28.9 Å². The van der Waals surface area contributed by atoms with E-state index >= 15 is 4.79 Å². The highest BCUT2D eigenvalue weighted by Gasteiger charge is 2.43. The summed E-state index contributed by atoms with van der Waals surface area (Å²) in [5.74, 6) is -5.24. The van der Waals surface area contributed by atoms with E-state index < -0.39 is 59.0 Å². The number of hydrogen-bond acceptors (Lipinski definition) is 13. The second kappa shape index (κ2) is 33.1. The molecule has 89 heavy (non-hydrogen) atoms. The van der Waals surface area contributed by atoms with E-state index in [1.54, 1.807) is 106 Å². The Bertz CT molecular complexity index is 3170. The molecule has 6 atom stereocenters. The highest BCUT2D eigenvalue weighted by molar-refractivity contribution is 6.38. The van der Waals surface area contributed by atoms with Crippen molar-refractivity contribution >= 4 is 58.4 Å². The number of cyclic esters (lactones) is 1. The molecule has 4 aromatic rings. The van der Waals surface area contributed by atoms with Crippen LogP contribution in [0.1, 0.15) is 170 Å². The van der Waals surface area contributed by atoms with E-state index in [4.69, 9.17) is 14.2 Å². The van der Waals surface area contributed by atoms with Gasteiger partial charge in [0, 0.05) is 94.8 Å². The van der Waals surface area contributed by atoms with E-state index in [1.165, 1.54) is 11.0 Å². The van der Waals surface area contributed by atoms with Crippen LogP contribution in [0.3, 0.4) is 0 Å². The number of fused-ring (bicyclic) bond motifs is 4. The van der Waals surface area contributed by atoms with Gasteiger partial charge in [0.1, 0.15) is 29.5 Å². The molecule has 3 aliphatic heterocycles. The van der Waals surface area contributed by atoms with Crippen molar-refractivity contribution in [3.05, 3.63) is 143 Å². The molecule has 3 aliphatic rings. The summed E-state index contributed by atoms with van der Waals surface area (Å²) in [5, 5.41) is 0. The van der Waals surface area contributed by atoms with Crippen LogP contribution >= 0.6 is 0 Å². The Hall–Kier alpha value is -7.88. The number of hydrogen-bond donors (Lipinski definition) is 0. The maximum Gasteiger partial charge on any atom is 0.329 e. The average Bonchev–Trinajstić information content (AvgIpc) is 3.38. The van der Waals surface area contributed by atoms with Crippen molar-refractivity contribution in [3.8, 4) is 11.5 Å². The SMILES string of the molecule is COc1ccc(CC[C@H]2OC(=O)[C@@H]3CCCCN3C(=O)C(=O)C(C)(C)CCC(=O)C=CCCCN(C)C(=O)[C@H](CC(C)C)CC(=O)[C@H]3CCCN3C(=O)[C@H](Cc3ccccc3)CC(=O)C(c3ccccc3)CC(=O)CCC(=O)Cc3cccc2c3)cc1OC. The van der Waals surface area contributed by atoms with Crippen molar-refractivity contribution in [2.75, 3.05) is 40.9 Å². The second-order valence-corrected chi connectivity index (χ2v) is 25.6. The van der Waals surface area contributed by atoms with Crippen molar-refractivity contribution in [1.82, 2.24) is 14.7 Å². The molecule has 0 aromatic heterocycles. The minimum atomic E-state index is -1.24. The fourth-order valence-corrected chi connectivity index (χ4v) is 12.7. The molecule has 3 heterocycles. The molecule has 2 fully saturated rings. The van der Waals surface area contributed by atoms with E-state index in [0.29, 0.717) is 99.1 Å². The van der Waals surface area contributed by atoms with Crippen LogP contribution in [0.15, 0.2) is 115 Å². The maximum absolute atomic E-state index is 15.0. The molecule has 0 N–H and O–H groups in total. The molecule has 0 radical (unpaired) electrons. The van der Waals surface area contributed by atoms with Gasteiger partial charge in [-0.15, -0.1) is 0 Å². The number of ketones is 6. The topological polar surface area (TPSA) is 208 Å². The largest absolute Gasteiger partial charge is 0.493 e. The fraction of sp³-hybridized carbons (Fsp3) is 0.507. The third-order valence-electron chi connectivity index (χ3n) is 17.8. The number of allylic oxidation sites excluding steroid dienone is 2. The van der Waals surface area contributed by atoms with Crippen molar-refractivity contribution in [3.63, 3.8) is 0 Å². The zero-order valence-electron chi connectivity index (χ0n) is 53.2. The molecule has 4 aromatic carbocycles. The highest BCUT2D eigenvalue weighted by Crippen LogP contribution is 2.35. The van der Waals surface area contributed by atoms with Gasteiger partial charge in [-0.1, -0.05) is 125 Å². The van der Waals surface area contributed by atoms with Gasteiger partial charge in [-0.25, -0.2) is 4.79 Å². The van der Waals surface area contributed by atoms with Gasteiger partial charge >= 0.3 is 5.97 Å². The van der Waals surface area contributed by atoms with Crippen molar-refractivity contribution in [2.45, 2.75) is 174 Å². The third-order valence-corrected chi connectivity index (χ3v) is 17.8. The lowest BCUT2D eigenvalue weighted by atomic mass is 9.81. The number of carbonyl (C=O) groups is 10. The standard InChI is InChI=1S/C73H91N3O13/c1-49(2)41-55-47-64(81)61-29-20-40-75(61)70(84)56(42-50-21-11-8-12-22-50)46-63(80)60(53-24-13-9-14-25-53)48-59(79)33-32-58(78)44-52-23-19-26-54(43-52)65(34-30-51-31-35-66(87-6)67(45-51)88-7)89-72(86)62-28-16-18-39-76(62)71(85)68(82)73(3,4)37-36-57(77)27-15-10-17-38-74(5)69(55)83/h8-9,11-15,19,21-27,31,35,43,45,49,55-56,60-62,65H,10,16-18,20,28-30,32-34,36-42,44,46-48H2,1-7H3/t55-,56-,60?,61-,62+,65-/m1/s1. The minimum absolute atomic E-state index is 0.00756. The van der Waals surface area contributed by atoms with E-state index in [1.807, 2.05) is 62.4 Å². The summed E-state index contributed by atoms with van der Waals surface area (Å²) < 4.78 is 17.4. The van der Waals surface area contributed by atoms with Crippen LogP contribution in [0.2, 0.25) is 0 Å². The summed E-state index contributed by atoms with van der Waals surface area (Å²) in [7, 11) is 4.79. The van der Waals surface area contributed by atoms with Gasteiger partial charge in [0.25, 0.3) is 5.91 Å². The molecule has 3 amide bonds. The number of esters is 1. The molecular formula is C73H91N3O13. The number of carbonyl (C=O) groups excluding carboxylic acids is 10. The number of amides is 3. The molecule has 16 nitrogen and oxygen atoms in total. The highest BCUT2D eigenvalue weighted by atomic mass is 16.5. The number of methoxy groups -OCH3 is 2. The quantitative estimate of drug-likeness (QED) is 0.107. The Kier molecular flexibility index (Phi) is 25.5. The maximum atomic E-state index is 15.0. The molecule has 0 spiro atoms. The number of nitrogens with zero attached hydrogens (tertiary/aromatic N) is 3. The van der Waals surface area contributed by atoms with Crippen LogP contribution in [0.5, 0.6) is 11.5 Å². The number of aryl methyl sites for hydroxylation is 1. The van der Waals surface area contributed by atoms with Gasteiger partial charge in [0.15, 0.2) is 23.1 Å². The first-order chi connectivity index (χ1) is 42.7. The number of benzene rings is 4. The van der Waals surface area contributed by atoms with E-state index in [2.05, 4.69) is 0 Å². The summed E-state index contributed by atoms with van der Waals surface area (Å²) in [4.78, 5) is 147. The van der Waals surface area contributed by atoms with E-state index in [0.717, 1.165) is 11.1 Å². The monoisotopic (exact) mass is 1220 g/mol. The van der Waals surface area contributed by atoms with Gasteiger partial charge in [0.2, 0.25) is 17.6 Å². The number of piperidine rings is 1. The fourth-order valence-electron chi connectivity index (χ4n) is 12.7. The molecular weight excluding hydrogens is 1130 g/mol. The summed E-state index contributed by atoms with van der Waals surface area (Å²) >= 11 is 0. The third kappa shape index (κ3) is 19.6. The first kappa shape index (κ1) is 68.6. The van der Waals surface area contributed by atoms with Crippen molar-refractivity contribution < 1.29 is 62.2 Å². The average molecular weight is 1220 g/mol. The predicted octanol–water partition coefficient (Wildman–Crippen LogP) is 11.1. The Labute approximate surface area is 525 Å². The van der Waals surface area contributed by atoms with Gasteiger partial charge in [0.05, 0.1) is 20.3 Å². The first-order valence-corrected chi connectivity index (χ1v) is 31.9. The molecule has 1 unspecified atom stereocenters. The lowest BCUT2D eigenvalue weighted by Crippen LogP contribution is -2.53. The smallest absolute Gasteiger partial charge is 0.329 e. The summed E-state index contributed by atoms with van der Waals surface area (Å²) in [5.41, 5.74) is 2.28. The Morgan fingerprint density at radius 2 is 1.29 bits per heavy atom. The second-order valence-electron chi connectivity index (χ2n) is 25.6. The molecule has 2 saturated heterocycles. The van der Waals surface area contributed by atoms with Crippen LogP contribution in [0.4, 0.5) is 0 Å². The van der Waals surface area contributed by atoms with Gasteiger partial charge in [-0.3, -0.25) is 43.2 Å². The number of rotatable bonds is 10. The lowest BCUT2D eigenvalue weighted by molar-refractivity contribution is -0.164. The molecule has 7 rings (SSSR count). The Balaban J connectivity index is 1.17. The number of Topliss-reactive ketones (excluding diaryl/α,β-unsaturated/α-hetero) is 5. The van der Waals surface area contributed by atoms with E-state index in [9.17, 15) is 43.2 Å². The summed E-state index contributed by atoms with van der Waals surface area (Å²) in [6.45, 7) is 8.08. The van der Waals surface area contributed by atoms with Gasteiger partial charge in [-0.2, -0.15) is 0 Å². The predicted molar refractivity (Wildman–Crippen MR) is 339 cm³/mol. The van der Waals surface area contributed by atoms with Gasteiger partial charge in [-0.05, 0) is 129 Å².